The largest absolute Gasteiger partial charge is 0.495 e. The molecule has 7 heteroatoms. The van der Waals surface area contributed by atoms with Gasteiger partial charge in [0.25, 0.3) is 0 Å². The molecule has 0 aliphatic carbocycles. The van der Waals surface area contributed by atoms with Crippen molar-refractivity contribution in [2.75, 3.05) is 18.6 Å². The Balaban J connectivity index is 1.88. The van der Waals surface area contributed by atoms with Crippen molar-refractivity contribution >= 4 is 17.4 Å². The first-order valence-corrected chi connectivity index (χ1v) is 8.35. The highest BCUT2D eigenvalue weighted by Gasteiger charge is 2.49. The van der Waals surface area contributed by atoms with Crippen LogP contribution in [-0.2, 0) is 11.0 Å². The molecule has 2 aromatic rings. The summed E-state index contributed by atoms with van der Waals surface area (Å²) in [5.74, 6) is -0.368. The number of anilines is 1. The predicted molar refractivity (Wildman–Crippen MR) is 93.8 cm³/mol. The highest BCUT2D eigenvalue weighted by Crippen LogP contribution is 2.40. The highest BCUT2D eigenvalue weighted by molar-refractivity contribution is 6.19. The molecule has 3 rings (SSSR count). The molecule has 2 aromatic carbocycles. The quantitative estimate of drug-likeness (QED) is 0.588. The van der Waals surface area contributed by atoms with E-state index < -0.39 is 28.8 Å². The third kappa shape index (κ3) is 3.29. The van der Waals surface area contributed by atoms with Crippen LogP contribution in [0.15, 0.2) is 48.5 Å². The minimum Gasteiger partial charge on any atom is -0.495 e. The molecule has 27 heavy (non-hydrogen) atoms. The number of Topliss-reactive ketones (excluding diaryl/α,β-unsaturated/α-hetero) is 1. The summed E-state index contributed by atoms with van der Waals surface area (Å²) in [6.07, 6.45) is -4.21. The first-order chi connectivity index (χ1) is 12.7. The monoisotopic (exact) mass is 377 g/mol. The maximum atomic E-state index is 13.0. The van der Waals surface area contributed by atoms with E-state index in [2.05, 4.69) is 0 Å². The fourth-order valence-corrected chi connectivity index (χ4v) is 3.26. The molecule has 0 spiro atoms. The van der Waals surface area contributed by atoms with Crippen LogP contribution in [0.1, 0.15) is 29.3 Å². The van der Waals surface area contributed by atoms with Gasteiger partial charge in [0.15, 0.2) is 5.78 Å². The Bertz CT molecular complexity index is 877. The molecular weight excluding hydrogens is 359 g/mol. The summed E-state index contributed by atoms with van der Waals surface area (Å²) in [5.41, 5.74) is -1.52. The summed E-state index contributed by atoms with van der Waals surface area (Å²) in [5, 5.41) is 0. The smallest absolute Gasteiger partial charge is 0.416 e. The molecule has 1 atom stereocenters. The number of carbonyl (C=O) groups is 2. The van der Waals surface area contributed by atoms with Crippen LogP contribution in [-0.4, -0.2) is 25.3 Å². The summed E-state index contributed by atoms with van der Waals surface area (Å²) in [6.45, 7) is 1.85. The zero-order valence-electron chi connectivity index (χ0n) is 14.8. The van der Waals surface area contributed by atoms with Crippen molar-refractivity contribution in [3.05, 3.63) is 59.7 Å². The minimum atomic E-state index is -4.48. The Labute approximate surface area is 154 Å². The lowest BCUT2D eigenvalue weighted by Crippen LogP contribution is -2.38. The van der Waals surface area contributed by atoms with E-state index in [1.807, 2.05) is 0 Å². The van der Waals surface area contributed by atoms with Gasteiger partial charge in [-0.1, -0.05) is 24.3 Å². The van der Waals surface area contributed by atoms with Crippen LogP contribution in [0, 0.1) is 5.41 Å². The number of halogens is 3. The molecule has 142 valence electrons. The second-order valence-electron chi connectivity index (χ2n) is 6.61. The van der Waals surface area contributed by atoms with E-state index in [4.69, 9.17) is 4.74 Å². The molecule has 4 nitrogen and oxygen atoms in total. The first kappa shape index (κ1) is 18.9. The Morgan fingerprint density at radius 3 is 2.33 bits per heavy atom. The standard InChI is InChI=1S/C20H18F3NO3/c1-19(17(25)13-7-9-14(10-8-13)20(21,22)23)11-12-24(18(19)26)15-5-3-4-6-16(15)27-2/h3-10H,11-12H2,1-2H3. The third-order valence-corrected chi connectivity index (χ3v) is 4.90. The van der Waals surface area contributed by atoms with E-state index in [0.29, 0.717) is 18.0 Å². The molecule has 0 saturated carbocycles. The van der Waals surface area contributed by atoms with Crippen LogP contribution in [0.2, 0.25) is 0 Å². The predicted octanol–water partition coefficient (Wildman–Crippen LogP) is 4.34. The maximum Gasteiger partial charge on any atom is 0.416 e. The average Bonchev–Trinajstić information content (AvgIpc) is 2.96. The van der Waals surface area contributed by atoms with Crippen LogP contribution in [0.5, 0.6) is 5.75 Å². The van der Waals surface area contributed by atoms with Crippen LogP contribution >= 0.6 is 0 Å². The molecule has 1 amide bonds. The zero-order chi connectivity index (χ0) is 19.8. The topological polar surface area (TPSA) is 46.6 Å². The number of methoxy groups -OCH3 is 1. The number of alkyl halides is 3. The van der Waals surface area contributed by atoms with Crippen molar-refractivity contribution < 1.29 is 27.5 Å². The molecule has 0 N–H and O–H groups in total. The molecule has 1 aliphatic rings. The Kier molecular flexibility index (Phi) is 4.71. The number of nitrogens with zero attached hydrogens (tertiary/aromatic N) is 1. The Morgan fingerprint density at radius 2 is 1.74 bits per heavy atom. The van der Waals surface area contributed by atoms with Gasteiger partial charge in [0, 0.05) is 12.1 Å². The van der Waals surface area contributed by atoms with Gasteiger partial charge < -0.3 is 9.64 Å². The number of rotatable bonds is 4. The number of hydrogen-bond acceptors (Lipinski definition) is 3. The number of ether oxygens (including phenoxy) is 1. The van der Waals surface area contributed by atoms with Crippen LogP contribution in [0.25, 0.3) is 0 Å². The van der Waals surface area contributed by atoms with E-state index in [-0.39, 0.29) is 12.0 Å². The number of para-hydroxylation sites is 2. The van der Waals surface area contributed by atoms with Gasteiger partial charge >= 0.3 is 6.18 Å². The molecule has 1 heterocycles. The molecular formula is C20H18F3NO3. The SMILES string of the molecule is COc1ccccc1N1CCC(C)(C(=O)c2ccc(C(F)(F)F)cc2)C1=O. The van der Waals surface area contributed by atoms with Crippen molar-refractivity contribution in [1.29, 1.82) is 0 Å². The van der Waals surface area contributed by atoms with E-state index >= 15 is 0 Å². The molecule has 1 aliphatic heterocycles. The highest BCUT2D eigenvalue weighted by atomic mass is 19.4. The number of benzene rings is 2. The van der Waals surface area contributed by atoms with Gasteiger partial charge in [-0.25, -0.2) is 0 Å². The number of hydrogen-bond donors (Lipinski definition) is 0. The lowest BCUT2D eigenvalue weighted by molar-refractivity contribution is -0.137. The van der Waals surface area contributed by atoms with Crippen molar-refractivity contribution in [3.8, 4) is 5.75 Å². The normalized spacial score (nSPS) is 20.0. The van der Waals surface area contributed by atoms with E-state index in [0.717, 1.165) is 24.3 Å². The lowest BCUT2D eigenvalue weighted by atomic mass is 9.80. The summed E-state index contributed by atoms with van der Waals surface area (Å²) >= 11 is 0. The molecule has 0 aromatic heterocycles. The van der Waals surface area contributed by atoms with Crippen LogP contribution in [0.3, 0.4) is 0 Å². The van der Waals surface area contributed by atoms with Gasteiger partial charge in [0.1, 0.15) is 11.2 Å². The summed E-state index contributed by atoms with van der Waals surface area (Å²) in [7, 11) is 1.49. The summed E-state index contributed by atoms with van der Waals surface area (Å²) in [4.78, 5) is 27.4. The molecule has 1 unspecified atom stereocenters. The van der Waals surface area contributed by atoms with E-state index in [9.17, 15) is 22.8 Å². The van der Waals surface area contributed by atoms with Gasteiger partial charge in [-0.05, 0) is 37.6 Å². The second kappa shape index (κ2) is 6.72. The van der Waals surface area contributed by atoms with Gasteiger partial charge in [0.05, 0.1) is 18.4 Å². The first-order valence-electron chi connectivity index (χ1n) is 8.35. The lowest BCUT2D eigenvalue weighted by Gasteiger charge is -2.23. The van der Waals surface area contributed by atoms with Crippen molar-refractivity contribution in [2.24, 2.45) is 5.41 Å². The molecule has 1 saturated heterocycles. The average molecular weight is 377 g/mol. The van der Waals surface area contributed by atoms with Gasteiger partial charge in [-0.15, -0.1) is 0 Å². The summed E-state index contributed by atoms with van der Waals surface area (Å²) in [6, 6.07) is 10.9. The molecule has 1 fully saturated rings. The third-order valence-electron chi connectivity index (χ3n) is 4.90. The van der Waals surface area contributed by atoms with E-state index in [1.165, 1.54) is 18.9 Å². The number of amides is 1. The molecule has 0 bridgehead atoms. The second-order valence-corrected chi connectivity index (χ2v) is 6.61. The minimum absolute atomic E-state index is 0.0840. The van der Waals surface area contributed by atoms with Crippen molar-refractivity contribution in [1.82, 2.24) is 0 Å². The van der Waals surface area contributed by atoms with Crippen LogP contribution in [0.4, 0.5) is 18.9 Å². The fraction of sp³-hybridized carbons (Fsp3) is 0.300. The fourth-order valence-electron chi connectivity index (χ4n) is 3.26. The van der Waals surface area contributed by atoms with Gasteiger partial charge in [-0.2, -0.15) is 13.2 Å². The summed E-state index contributed by atoms with van der Waals surface area (Å²) < 4.78 is 43.4. The van der Waals surface area contributed by atoms with Crippen LogP contribution < -0.4 is 9.64 Å². The van der Waals surface area contributed by atoms with Crippen molar-refractivity contribution in [3.63, 3.8) is 0 Å². The Morgan fingerprint density at radius 1 is 1.11 bits per heavy atom. The van der Waals surface area contributed by atoms with E-state index in [1.54, 1.807) is 24.3 Å². The van der Waals surface area contributed by atoms with Crippen molar-refractivity contribution in [2.45, 2.75) is 19.5 Å². The maximum absolute atomic E-state index is 13.0. The Hall–Kier alpha value is -2.83. The molecule has 0 radical (unpaired) electrons. The zero-order valence-corrected chi connectivity index (χ0v) is 14.8. The number of carbonyl (C=O) groups excluding carboxylic acids is 2. The van der Waals surface area contributed by atoms with Gasteiger partial charge in [0.2, 0.25) is 5.91 Å². The van der Waals surface area contributed by atoms with Gasteiger partial charge in [-0.3, -0.25) is 9.59 Å². The number of ketones is 1.